The van der Waals surface area contributed by atoms with Crippen LogP contribution in [0, 0.1) is 5.82 Å². The van der Waals surface area contributed by atoms with Crippen molar-refractivity contribution < 1.29 is 13.9 Å². The topological polar surface area (TPSA) is 55.6 Å². The number of methoxy groups -OCH3 is 1. The molecule has 0 aromatic heterocycles. The van der Waals surface area contributed by atoms with Crippen LogP contribution in [0.5, 0.6) is 0 Å². The molecule has 19 heavy (non-hydrogen) atoms. The number of nitrogens with zero attached hydrogens (tertiary/aromatic N) is 1. The first kappa shape index (κ1) is 15.6. The molecule has 0 bridgehead atoms. The summed E-state index contributed by atoms with van der Waals surface area (Å²) in [5.41, 5.74) is 6.88. The van der Waals surface area contributed by atoms with Gasteiger partial charge in [0.2, 0.25) is 0 Å². The molecule has 0 radical (unpaired) electrons. The molecule has 1 rings (SSSR count). The molecule has 0 heterocycles. The van der Waals surface area contributed by atoms with Crippen LogP contribution >= 0.6 is 0 Å². The number of nitrogens with two attached hydrogens (primary N) is 1. The van der Waals surface area contributed by atoms with E-state index in [1.165, 1.54) is 13.2 Å². The zero-order valence-corrected chi connectivity index (χ0v) is 11.5. The minimum absolute atomic E-state index is 0.216. The van der Waals surface area contributed by atoms with E-state index < -0.39 is 0 Å². The van der Waals surface area contributed by atoms with Crippen molar-refractivity contribution >= 4 is 5.97 Å². The predicted molar refractivity (Wildman–Crippen MR) is 71.9 cm³/mol. The fraction of sp³-hybridized carbons (Fsp3) is 0.500. The Kier molecular flexibility index (Phi) is 6.45. The molecule has 4 nitrogen and oxygen atoms in total. The van der Waals surface area contributed by atoms with Gasteiger partial charge in [0.25, 0.3) is 0 Å². The van der Waals surface area contributed by atoms with Crippen LogP contribution in [0.4, 0.5) is 4.39 Å². The Balaban J connectivity index is 2.43. The second kappa shape index (κ2) is 7.86. The van der Waals surface area contributed by atoms with Crippen LogP contribution in [0.3, 0.4) is 0 Å². The highest BCUT2D eigenvalue weighted by molar-refractivity contribution is 5.69. The molecule has 2 N–H and O–H groups in total. The van der Waals surface area contributed by atoms with E-state index in [-0.39, 0.29) is 11.8 Å². The third kappa shape index (κ3) is 5.36. The van der Waals surface area contributed by atoms with Crippen molar-refractivity contribution in [3.05, 3.63) is 35.1 Å². The molecule has 0 atom stereocenters. The molecular weight excluding hydrogens is 247 g/mol. The highest BCUT2D eigenvalue weighted by atomic mass is 19.1. The van der Waals surface area contributed by atoms with Gasteiger partial charge < -0.3 is 15.4 Å². The third-order valence-corrected chi connectivity index (χ3v) is 2.94. The smallest absolute Gasteiger partial charge is 0.305 e. The summed E-state index contributed by atoms with van der Waals surface area (Å²) in [5, 5.41) is 0. The Morgan fingerprint density at radius 2 is 2.21 bits per heavy atom. The van der Waals surface area contributed by atoms with Crippen LogP contribution in [0.1, 0.15) is 24.0 Å². The first-order chi connectivity index (χ1) is 9.06. The SMILES string of the molecule is COC(=O)CCCN(C)Cc1ccc(CN)cc1F. The van der Waals surface area contributed by atoms with Crippen molar-refractivity contribution in [3.63, 3.8) is 0 Å². The van der Waals surface area contributed by atoms with Crippen LogP contribution in [-0.2, 0) is 22.6 Å². The number of halogens is 1. The lowest BCUT2D eigenvalue weighted by Gasteiger charge is -2.17. The third-order valence-electron chi connectivity index (χ3n) is 2.94. The number of ether oxygens (including phenoxy) is 1. The van der Waals surface area contributed by atoms with Crippen molar-refractivity contribution in [2.75, 3.05) is 20.7 Å². The average Bonchev–Trinajstić information content (AvgIpc) is 2.40. The highest BCUT2D eigenvalue weighted by Crippen LogP contribution is 2.12. The van der Waals surface area contributed by atoms with E-state index in [2.05, 4.69) is 4.74 Å². The Morgan fingerprint density at radius 1 is 1.47 bits per heavy atom. The van der Waals surface area contributed by atoms with Gasteiger partial charge in [-0.3, -0.25) is 4.79 Å². The standard InChI is InChI=1S/C14H21FN2O2/c1-17(7-3-4-14(18)19-2)10-12-6-5-11(9-16)8-13(12)15/h5-6,8H,3-4,7,9-10,16H2,1-2H3. The molecule has 0 amide bonds. The van der Waals surface area contributed by atoms with Crippen molar-refractivity contribution in [2.45, 2.75) is 25.9 Å². The van der Waals surface area contributed by atoms with Crippen LogP contribution in [0.2, 0.25) is 0 Å². The quantitative estimate of drug-likeness (QED) is 0.764. The van der Waals surface area contributed by atoms with Crippen LogP contribution in [0.15, 0.2) is 18.2 Å². The molecule has 0 aliphatic rings. The molecule has 5 heteroatoms. The molecule has 0 spiro atoms. The number of benzene rings is 1. The van der Waals surface area contributed by atoms with Gasteiger partial charge in [0.05, 0.1) is 7.11 Å². The summed E-state index contributed by atoms with van der Waals surface area (Å²) in [6, 6.07) is 5.06. The summed E-state index contributed by atoms with van der Waals surface area (Å²) in [6.07, 6.45) is 1.08. The maximum Gasteiger partial charge on any atom is 0.305 e. The number of rotatable bonds is 7. The van der Waals surface area contributed by atoms with Gasteiger partial charge in [-0.05, 0) is 31.6 Å². The zero-order chi connectivity index (χ0) is 14.3. The number of carbonyl (C=O) groups is 1. The van der Waals surface area contributed by atoms with Gasteiger partial charge in [-0.1, -0.05) is 12.1 Å². The van der Waals surface area contributed by atoms with Crippen LogP contribution < -0.4 is 5.73 Å². The molecule has 0 saturated carbocycles. The number of carbonyl (C=O) groups excluding carboxylic acids is 1. The molecule has 0 aliphatic heterocycles. The Labute approximate surface area is 113 Å². The van der Waals surface area contributed by atoms with Crippen LogP contribution in [0.25, 0.3) is 0 Å². The zero-order valence-electron chi connectivity index (χ0n) is 11.5. The number of esters is 1. The lowest BCUT2D eigenvalue weighted by molar-refractivity contribution is -0.140. The monoisotopic (exact) mass is 268 g/mol. The number of hydrogen-bond acceptors (Lipinski definition) is 4. The highest BCUT2D eigenvalue weighted by Gasteiger charge is 2.07. The summed E-state index contributed by atoms with van der Waals surface area (Å²) >= 11 is 0. The van der Waals surface area contributed by atoms with Gasteiger partial charge in [-0.25, -0.2) is 4.39 Å². The van der Waals surface area contributed by atoms with Crippen LogP contribution in [-0.4, -0.2) is 31.6 Å². The number of hydrogen-bond donors (Lipinski definition) is 1. The Hall–Kier alpha value is -1.46. The Morgan fingerprint density at radius 3 is 2.79 bits per heavy atom. The molecule has 0 unspecified atom stereocenters. The van der Waals surface area contributed by atoms with Crippen molar-refractivity contribution in [2.24, 2.45) is 5.73 Å². The van der Waals surface area contributed by atoms with E-state index in [4.69, 9.17) is 5.73 Å². The largest absolute Gasteiger partial charge is 0.469 e. The van der Waals surface area contributed by atoms with Gasteiger partial charge in [-0.2, -0.15) is 0 Å². The summed E-state index contributed by atoms with van der Waals surface area (Å²) in [4.78, 5) is 12.9. The normalized spacial score (nSPS) is 10.8. The molecule has 106 valence electrons. The maximum atomic E-state index is 13.7. The van der Waals surface area contributed by atoms with Gasteiger partial charge in [0.15, 0.2) is 0 Å². The van der Waals surface area contributed by atoms with Crippen molar-refractivity contribution in [1.82, 2.24) is 4.90 Å². The predicted octanol–water partition coefficient (Wildman–Crippen LogP) is 1.67. The molecule has 0 saturated heterocycles. The average molecular weight is 268 g/mol. The summed E-state index contributed by atoms with van der Waals surface area (Å²) in [7, 11) is 3.27. The second-order valence-corrected chi connectivity index (χ2v) is 4.55. The lowest BCUT2D eigenvalue weighted by atomic mass is 10.1. The summed E-state index contributed by atoms with van der Waals surface area (Å²) in [6.45, 7) is 1.57. The van der Waals surface area contributed by atoms with Gasteiger partial charge >= 0.3 is 5.97 Å². The maximum absolute atomic E-state index is 13.7. The molecule has 0 fully saturated rings. The minimum Gasteiger partial charge on any atom is -0.469 e. The lowest BCUT2D eigenvalue weighted by Crippen LogP contribution is -2.20. The molecule has 1 aromatic carbocycles. The fourth-order valence-electron chi connectivity index (χ4n) is 1.81. The summed E-state index contributed by atoms with van der Waals surface area (Å²) < 4.78 is 18.3. The van der Waals surface area contributed by atoms with Gasteiger partial charge in [0, 0.05) is 25.1 Å². The van der Waals surface area contributed by atoms with Gasteiger partial charge in [0.1, 0.15) is 5.82 Å². The van der Waals surface area contributed by atoms with E-state index in [1.54, 1.807) is 6.07 Å². The first-order valence-corrected chi connectivity index (χ1v) is 6.29. The van der Waals surface area contributed by atoms with E-state index in [1.807, 2.05) is 18.0 Å². The van der Waals surface area contributed by atoms with Crippen molar-refractivity contribution in [1.29, 1.82) is 0 Å². The van der Waals surface area contributed by atoms with Gasteiger partial charge in [-0.15, -0.1) is 0 Å². The molecular formula is C14H21FN2O2. The van der Waals surface area contributed by atoms with E-state index >= 15 is 0 Å². The first-order valence-electron chi connectivity index (χ1n) is 6.29. The van der Waals surface area contributed by atoms with E-state index in [0.717, 1.165) is 5.56 Å². The minimum atomic E-state index is -0.234. The molecule has 0 aliphatic carbocycles. The Bertz CT molecular complexity index is 424. The van der Waals surface area contributed by atoms with Crippen molar-refractivity contribution in [3.8, 4) is 0 Å². The molecule has 1 aromatic rings. The second-order valence-electron chi connectivity index (χ2n) is 4.55. The van der Waals surface area contributed by atoms with E-state index in [9.17, 15) is 9.18 Å². The summed E-state index contributed by atoms with van der Waals surface area (Å²) in [5.74, 6) is -0.449. The fourth-order valence-corrected chi connectivity index (χ4v) is 1.81. The van der Waals surface area contributed by atoms with E-state index in [0.29, 0.717) is 38.0 Å².